The number of aliphatic carboxylic acids is 1. The summed E-state index contributed by atoms with van der Waals surface area (Å²) < 4.78 is 1.70. The normalized spacial score (nSPS) is 17.2. The van der Waals surface area contributed by atoms with Gasteiger partial charge in [0.2, 0.25) is 5.95 Å². The Bertz CT molecular complexity index is 1410. The summed E-state index contributed by atoms with van der Waals surface area (Å²) in [5.74, 6) is -0.103. The lowest BCUT2D eigenvalue weighted by atomic mass is 10.0. The summed E-state index contributed by atoms with van der Waals surface area (Å²) >= 11 is 0. The lowest BCUT2D eigenvalue weighted by Crippen LogP contribution is -2.47. The highest BCUT2D eigenvalue weighted by molar-refractivity contribution is 5.99. The van der Waals surface area contributed by atoms with E-state index in [1.165, 1.54) is 6.92 Å². The number of ketones is 1. The van der Waals surface area contributed by atoms with Crippen LogP contribution in [-0.2, 0) is 11.3 Å². The Balaban J connectivity index is 1.33. The first-order chi connectivity index (χ1) is 18.3. The molecule has 1 aliphatic heterocycles. The molecule has 3 aromatic heterocycles. The number of Topliss-reactive ketones (excluding diaryl/α,β-unsaturated/α-hetero) is 1. The molecule has 0 amide bonds. The SMILES string of the molecule is CC(=O)c1c(C)c2cnc(Nc3ccc(CN4CCN(CC(=O)O)CC4)cn3)nc2n(C2CCCC2)c1=O. The third kappa shape index (κ3) is 5.44. The van der Waals surface area contributed by atoms with Gasteiger partial charge in [-0.3, -0.25) is 28.8 Å². The van der Waals surface area contributed by atoms with Crippen molar-refractivity contribution in [2.45, 2.75) is 52.1 Å². The number of carbonyl (C=O) groups excluding carboxylic acids is 1. The minimum absolute atomic E-state index is 0.0230. The molecule has 0 unspecified atom stereocenters. The molecule has 2 fully saturated rings. The molecule has 11 nitrogen and oxygen atoms in total. The van der Waals surface area contributed by atoms with E-state index in [1.807, 2.05) is 23.2 Å². The van der Waals surface area contributed by atoms with E-state index in [4.69, 9.17) is 10.1 Å². The minimum atomic E-state index is -0.793. The van der Waals surface area contributed by atoms with Gasteiger partial charge < -0.3 is 10.4 Å². The molecule has 0 aromatic carbocycles. The van der Waals surface area contributed by atoms with Crippen LogP contribution in [0.3, 0.4) is 0 Å². The highest BCUT2D eigenvalue weighted by atomic mass is 16.4. The Morgan fingerprint density at radius 2 is 1.76 bits per heavy atom. The third-order valence-corrected chi connectivity index (χ3v) is 7.54. The molecule has 0 spiro atoms. The second-order valence-corrected chi connectivity index (χ2v) is 10.2. The van der Waals surface area contributed by atoms with E-state index in [0.717, 1.165) is 64.0 Å². The number of hydrogen-bond acceptors (Lipinski definition) is 9. The van der Waals surface area contributed by atoms with Crippen molar-refractivity contribution in [3.8, 4) is 0 Å². The fraction of sp³-hybridized carbons (Fsp3) is 0.481. The van der Waals surface area contributed by atoms with Gasteiger partial charge in [-0.05, 0) is 43.9 Å². The second kappa shape index (κ2) is 11.0. The number of nitrogens with one attached hydrogen (secondary N) is 1. The Labute approximate surface area is 220 Å². The van der Waals surface area contributed by atoms with Crippen molar-refractivity contribution < 1.29 is 14.7 Å². The third-order valence-electron chi connectivity index (χ3n) is 7.54. The number of carboxylic acid groups (broad SMARTS) is 1. The van der Waals surface area contributed by atoms with E-state index in [2.05, 4.69) is 20.2 Å². The van der Waals surface area contributed by atoms with Crippen LogP contribution in [0, 0.1) is 6.92 Å². The van der Waals surface area contributed by atoms with Crippen LogP contribution in [0.5, 0.6) is 0 Å². The summed E-state index contributed by atoms with van der Waals surface area (Å²) in [7, 11) is 0. The van der Waals surface area contributed by atoms with Crippen molar-refractivity contribution in [3.63, 3.8) is 0 Å². The van der Waals surface area contributed by atoms with E-state index in [9.17, 15) is 14.4 Å². The number of anilines is 2. The average molecular weight is 520 g/mol. The first kappa shape index (κ1) is 25.9. The first-order valence-electron chi connectivity index (χ1n) is 13.1. The summed E-state index contributed by atoms with van der Waals surface area (Å²) in [5.41, 5.74) is 2.16. The Morgan fingerprint density at radius 1 is 1.05 bits per heavy atom. The van der Waals surface area contributed by atoms with Gasteiger partial charge in [-0.1, -0.05) is 18.9 Å². The number of piperazine rings is 1. The van der Waals surface area contributed by atoms with E-state index >= 15 is 0 Å². The molecule has 11 heteroatoms. The van der Waals surface area contributed by atoms with Gasteiger partial charge in [0.1, 0.15) is 11.5 Å². The number of carbonyl (C=O) groups is 2. The fourth-order valence-corrected chi connectivity index (χ4v) is 5.57. The van der Waals surface area contributed by atoms with Gasteiger partial charge in [0, 0.05) is 56.5 Å². The summed E-state index contributed by atoms with van der Waals surface area (Å²) in [5, 5.41) is 12.8. The van der Waals surface area contributed by atoms with Gasteiger partial charge in [-0.25, -0.2) is 9.97 Å². The van der Waals surface area contributed by atoms with Gasteiger partial charge in [-0.2, -0.15) is 4.98 Å². The molecule has 4 heterocycles. The van der Waals surface area contributed by atoms with Gasteiger partial charge in [-0.15, -0.1) is 0 Å². The number of pyridine rings is 2. The van der Waals surface area contributed by atoms with Crippen LogP contribution in [0.15, 0.2) is 29.3 Å². The molecule has 2 aliphatic rings. The smallest absolute Gasteiger partial charge is 0.317 e. The van der Waals surface area contributed by atoms with Crippen molar-refractivity contribution >= 4 is 34.6 Å². The van der Waals surface area contributed by atoms with Crippen LogP contribution < -0.4 is 10.9 Å². The molecule has 2 N–H and O–H groups in total. The molecule has 5 rings (SSSR count). The molecule has 1 aliphatic carbocycles. The molecule has 1 saturated carbocycles. The Hall–Kier alpha value is -3.70. The van der Waals surface area contributed by atoms with Gasteiger partial charge in [0.05, 0.1) is 12.1 Å². The molecule has 1 saturated heterocycles. The Kier molecular flexibility index (Phi) is 7.48. The number of nitrogens with zero attached hydrogens (tertiary/aromatic N) is 6. The summed E-state index contributed by atoms with van der Waals surface area (Å²) in [4.78, 5) is 54.5. The fourth-order valence-electron chi connectivity index (χ4n) is 5.57. The zero-order valence-electron chi connectivity index (χ0n) is 21.8. The zero-order chi connectivity index (χ0) is 26.8. The maximum absolute atomic E-state index is 13.4. The van der Waals surface area contributed by atoms with Crippen LogP contribution in [0.1, 0.15) is 60.1 Å². The molecular formula is C27H33N7O4. The largest absolute Gasteiger partial charge is 0.480 e. The number of aryl methyl sites for hydroxylation is 1. The standard InChI is InChI=1S/C27H33N7O4/c1-17-21-14-29-27(31-25(21)34(20-5-3-4-6-20)26(38)24(17)18(2)35)30-22-8-7-19(13-28-22)15-32-9-11-33(12-10-32)16-23(36)37/h7-8,13-14,20H,3-6,9-12,15-16H2,1-2H3,(H,36,37)(H,28,29,30,31). The lowest BCUT2D eigenvalue weighted by Gasteiger charge is -2.33. The number of rotatable bonds is 8. The van der Waals surface area contributed by atoms with Crippen molar-refractivity contribution in [1.82, 2.24) is 29.3 Å². The van der Waals surface area contributed by atoms with Crippen molar-refractivity contribution in [2.75, 3.05) is 38.0 Å². The monoisotopic (exact) mass is 519 g/mol. The predicted molar refractivity (Wildman–Crippen MR) is 143 cm³/mol. The molecule has 0 atom stereocenters. The van der Waals surface area contributed by atoms with E-state index < -0.39 is 5.97 Å². The summed E-state index contributed by atoms with van der Waals surface area (Å²) in [6.07, 6.45) is 7.36. The van der Waals surface area contributed by atoms with Crippen molar-refractivity contribution in [2.24, 2.45) is 0 Å². The molecule has 3 aromatic rings. The van der Waals surface area contributed by atoms with Gasteiger partial charge in [0.15, 0.2) is 5.78 Å². The van der Waals surface area contributed by atoms with Gasteiger partial charge in [0.25, 0.3) is 5.56 Å². The molecule has 0 bridgehead atoms. The van der Waals surface area contributed by atoms with E-state index in [-0.39, 0.29) is 29.5 Å². The zero-order valence-corrected chi connectivity index (χ0v) is 21.8. The van der Waals surface area contributed by atoms with E-state index in [1.54, 1.807) is 17.7 Å². The number of hydrogen-bond donors (Lipinski definition) is 2. The van der Waals surface area contributed by atoms with E-state index in [0.29, 0.717) is 28.4 Å². The van der Waals surface area contributed by atoms with Crippen LogP contribution in [0.2, 0.25) is 0 Å². The topological polar surface area (TPSA) is 134 Å². The average Bonchev–Trinajstić information content (AvgIpc) is 3.40. The van der Waals surface area contributed by atoms with Crippen molar-refractivity contribution in [1.29, 1.82) is 0 Å². The Morgan fingerprint density at radius 3 is 2.39 bits per heavy atom. The second-order valence-electron chi connectivity index (χ2n) is 10.2. The number of aromatic nitrogens is 4. The molecule has 200 valence electrons. The summed E-state index contributed by atoms with van der Waals surface area (Å²) in [6.45, 7) is 7.13. The van der Waals surface area contributed by atoms with Crippen molar-refractivity contribution in [3.05, 3.63) is 51.6 Å². The highest BCUT2D eigenvalue weighted by Crippen LogP contribution is 2.32. The first-order valence-corrected chi connectivity index (χ1v) is 13.1. The van der Waals surface area contributed by atoms with Crippen LogP contribution in [0.4, 0.5) is 11.8 Å². The number of fused-ring (bicyclic) bond motifs is 1. The maximum Gasteiger partial charge on any atom is 0.317 e. The van der Waals surface area contributed by atoms with Crippen LogP contribution >= 0.6 is 0 Å². The molecule has 38 heavy (non-hydrogen) atoms. The highest BCUT2D eigenvalue weighted by Gasteiger charge is 2.26. The predicted octanol–water partition coefficient (Wildman–Crippen LogP) is 2.76. The quantitative estimate of drug-likeness (QED) is 0.428. The summed E-state index contributed by atoms with van der Waals surface area (Å²) in [6, 6.07) is 3.89. The van der Waals surface area contributed by atoms with Crippen LogP contribution in [-0.4, -0.2) is 78.9 Å². The maximum atomic E-state index is 13.4. The number of carboxylic acids is 1. The lowest BCUT2D eigenvalue weighted by molar-refractivity contribution is -0.138. The van der Waals surface area contributed by atoms with Crippen LogP contribution in [0.25, 0.3) is 11.0 Å². The minimum Gasteiger partial charge on any atom is -0.480 e. The molecule has 0 radical (unpaired) electrons. The van der Waals surface area contributed by atoms with Gasteiger partial charge >= 0.3 is 5.97 Å². The molecular weight excluding hydrogens is 486 g/mol.